The highest BCUT2D eigenvalue weighted by Gasteiger charge is 2.16. The van der Waals surface area contributed by atoms with Gasteiger partial charge in [0.15, 0.2) is 5.78 Å². The average Bonchev–Trinajstić information content (AvgIpc) is 2.42. The van der Waals surface area contributed by atoms with E-state index < -0.39 is 5.82 Å². The molecule has 0 radical (unpaired) electrons. The van der Waals surface area contributed by atoms with E-state index in [1.807, 2.05) is 6.07 Å². The summed E-state index contributed by atoms with van der Waals surface area (Å²) in [6.07, 6.45) is 0. The molecule has 110 valence electrons. The third-order valence-corrected chi connectivity index (χ3v) is 3.41. The van der Waals surface area contributed by atoms with Crippen molar-refractivity contribution in [2.75, 3.05) is 11.9 Å². The average molecular weight is 289 g/mol. The summed E-state index contributed by atoms with van der Waals surface area (Å²) in [5.41, 5.74) is 1.91. The van der Waals surface area contributed by atoms with Crippen molar-refractivity contribution in [3.05, 3.63) is 64.7 Å². The molecule has 0 saturated carbocycles. The number of hydrogen-bond donors (Lipinski definition) is 0. The van der Waals surface area contributed by atoms with Crippen LogP contribution in [0.25, 0.3) is 0 Å². The minimum absolute atomic E-state index is 0.0626. The normalized spacial score (nSPS) is 10.5. The Morgan fingerprint density at radius 1 is 1.14 bits per heavy atom. The molecule has 0 bridgehead atoms. The Balaban J connectivity index is 2.32. The molecule has 0 spiro atoms. The molecule has 0 atom stereocenters. The molecular formula is C17H17F2NO. The van der Waals surface area contributed by atoms with E-state index in [1.54, 1.807) is 37.1 Å². The number of benzene rings is 2. The molecule has 21 heavy (non-hydrogen) atoms. The van der Waals surface area contributed by atoms with Crippen LogP contribution in [0.15, 0.2) is 36.4 Å². The maximum absolute atomic E-state index is 13.8. The number of nitrogens with zero attached hydrogens (tertiary/aromatic N) is 1. The second-order valence-electron chi connectivity index (χ2n) is 5.13. The molecular weight excluding hydrogens is 272 g/mol. The first-order valence-corrected chi connectivity index (χ1v) is 6.65. The Bertz CT molecular complexity index is 682. The van der Waals surface area contributed by atoms with Crippen molar-refractivity contribution in [1.82, 2.24) is 0 Å². The van der Waals surface area contributed by atoms with E-state index in [0.29, 0.717) is 17.8 Å². The lowest BCUT2D eigenvalue weighted by Gasteiger charge is -2.22. The summed E-state index contributed by atoms with van der Waals surface area (Å²) >= 11 is 0. The van der Waals surface area contributed by atoms with Crippen molar-refractivity contribution in [2.45, 2.75) is 20.4 Å². The van der Waals surface area contributed by atoms with Crippen LogP contribution < -0.4 is 4.90 Å². The molecule has 0 aliphatic heterocycles. The monoisotopic (exact) mass is 289 g/mol. The van der Waals surface area contributed by atoms with E-state index in [1.165, 1.54) is 19.1 Å². The fraction of sp³-hybridized carbons (Fsp3) is 0.235. The van der Waals surface area contributed by atoms with Crippen LogP contribution in [0.2, 0.25) is 0 Å². The van der Waals surface area contributed by atoms with Crippen molar-refractivity contribution in [3.8, 4) is 0 Å². The molecule has 0 aliphatic carbocycles. The van der Waals surface area contributed by atoms with Gasteiger partial charge >= 0.3 is 0 Å². The first kappa shape index (κ1) is 15.2. The molecule has 0 amide bonds. The summed E-state index contributed by atoms with van der Waals surface area (Å²) in [6.45, 7) is 3.42. The van der Waals surface area contributed by atoms with E-state index in [2.05, 4.69) is 0 Å². The number of rotatable bonds is 4. The Morgan fingerprint density at radius 3 is 2.48 bits per heavy atom. The Hall–Kier alpha value is -2.23. The minimum atomic E-state index is -0.540. The highest BCUT2D eigenvalue weighted by molar-refractivity contribution is 6.00. The number of carbonyl (C=O) groups excluding carboxylic acids is 1. The van der Waals surface area contributed by atoms with Gasteiger partial charge in [-0.05, 0) is 43.2 Å². The molecule has 2 rings (SSSR count). The van der Waals surface area contributed by atoms with Gasteiger partial charge in [0, 0.05) is 13.6 Å². The molecule has 0 aliphatic rings. The largest absolute Gasteiger partial charge is 0.370 e. The van der Waals surface area contributed by atoms with E-state index in [9.17, 15) is 13.6 Å². The van der Waals surface area contributed by atoms with Crippen LogP contribution in [0.5, 0.6) is 0 Å². The van der Waals surface area contributed by atoms with E-state index in [4.69, 9.17) is 0 Å². The zero-order chi connectivity index (χ0) is 15.6. The summed E-state index contributed by atoms with van der Waals surface area (Å²) in [5, 5.41) is 0. The molecule has 0 unspecified atom stereocenters. The van der Waals surface area contributed by atoms with Crippen molar-refractivity contribution in [1.29, 1.82) is 0 Å². The SMILES string of the molecule is CC(=O)c1c(F)cccc1N(C)Cc1ccc(C)c(F)c1. The van der Waals surface area contributed by atoms with Gasteiger partial charge < -0.3 is 4.90 Å². The van der Waals surface area contributed by atoms with E-state index >= 15 is 0 Å². The predicted molar refractivity (Wildman–Crippen MR) is 79.6 cm³/mol. The van der Waals surface area contributed by atoms with Crippen LogP contribution in [-0.4, -0.2) is 12.8 Å². The number of halogens is 2. The van der Waals surface area contributed by atoms with Gasteiger partial charge in [-0.1, -0.05) is 18.2 Å². The van der Waals surface area contributed by atoms with Crippen molar-refractivity contribution in [3.63, 3.8) is 0 Å². The van der Waals surface area contributed by atoms with Gasteiger partial charge in [-0.15, -0.1) is 0 Å². The third-order valence-electron chi connectivity index (χ3n) is 3.41. The molecule has 0 saturated heterocycles. The number of ketones is 1. The molecule has 4 heteroatoms. The van der Waals surface area contributed by atoms with Crippen LogP contribution in [0, 0.1) is 18.6 Å². The Morgan fingerprint density at radius 2 is 1.86 bits per heavy atom. The lowest BCUT2D eigenvalue weighted by atomic mass is 10.1. The fourth-order valence-electron chi connectivity index (χ4n) is 2.27. The lowest BCUT2D eigenvalue weighted by Crippen LogP contribution is -2.20. The second kappa shape index (κ2) is 6.04. The number of carbonyl (C=O) groups is 1. The van der Waals surface area contributed by atoms with Crippen LogP contribution in [0.3, 0.4) is 0 Å². The van der Waals surface area contributed by atoms with Gasteiger partial charge in [-0.3, -0.25) is 4.79 Å². The van der Waals surface area contributed by atoms with Gasteiger partial charge in [-0.25, -0.2) is 8.78 Å². The molecule has 2 aromatic carbocycles. The summed E-state index contributed by atoms with van der Waals surface area (Å²) in [7, 11) is 1.75. The zero-order valence-corrected chi connectivity index (χ0v) is 12.3. The molecule has 0 N–H and O–H groups in total. The van der Waals surface area contributed by atoms with Gasteiger partial charge in [0.05, 0.1) is 11.3 Å². The fourth-order valence-corrected chi connectivity index (χ4v) is 2.27. The first-order chi connectivity index (χ1) is 9.90. The number of hydrogen-bond acceptors (Lipinski definition) is 2. The molecule has 0 fully saturated rings. The topological polar surface area (TPSA) is 20.3 Å². The van der Waals surface area contributed by atoms with Gasteiger partial charge in [0.25, 0.3) is 0 Å². The smallest absolute Gasteiger partial charge is 0.164 e. The van der Waals surface area contributed by atoms with Crippen molar-refractivity contribution in [2.24, 2.45) is 0 Å². The third kappa shape index (κ3) is 3.27. The Labute approximate surface area is 123 Å². The first-order valence-electron chi connectivity index (χ1n) is 6.65. The van der Waals surface area contributed by atoms with Crippen LogP contribution in [0.1, 0.15) is 28.4 Å². The standard InChI is InChI=1S/C17H17F2NO/c1-11-7-8-13(9-15(11)19)10-20(3)16-6-4-5-14(18)17(16)12(2)21/h4-9H,10H2,1-3H3. The summed E-state index contributed by atoms with van der Waals surface area (Å²) in [6, 6.07) is 9.49. The highest BCUT2D eigenvalue weighted by Crippen LogP contribution is 2.24. The molecule has 2 nitrogen and oxygen atoms in total. The second-order valence-corrected chi connectivity index (χ2v) is 5.13. The number of anilines is 1. The van der Waals surface area contributed by atoms with Crippen LogP contribution >= 0.6 is 0 Å². The molecule has 2 aromatic rings. The van der Waals surface area contributed by atoms with Gasteiger partial charge in [-0.2, -0.15) is 0 Å². The highest BCUT2D eigenvalue weighted by atomic mass is 19.1. The summed E-state index contributed by atoms with van der Waals surface area (Å²) in [5.74, 6) is -1.14. The molecule has 0 heterocycles. The van der Waals surface area contributed by atoms with E-state index in [0.717, 1.165) is 5.56 Å². The maximum atomic E-state index is 13.8. The van der Waals surface area contributed by atoms with Crippen molar-refractivity contribution >= 4 is 11.5 Å². The van der Waals surface area contributed by atoms with E-state index in [-0.39, 0.29) is 17.2 Å². The summed E-state index contributed by atoms with van der Waals surface area (Å²) < 4.78 is 27.4. The zero-order valence-electron chi connectivity index (χ0n) is 12.3. The predicted octanol–water partition coefficient (Wildman–Crippen LogP) is 4.11. The quantitative estimate of drug-likeness (QED) is 0.789. The minimum Gasteiger partial charge on any atom is -0.370 e. The lowest BCUT2D eigenvalue weighted by molar-refractivity contribution is 0.101. The van der Waals surface area contributed by atoms with Gasteiger partial charge in [0.2, 0.25) is 0 Å². The van der Waals surface area contributed by atoms with Crippen molar-refractivity contribution < 1.29 is 13.6 Å². The Kier molecular flexibility index (Phi) is 4.36. The number of Topliss-reactive ketones (excluding diaryl/α,β-unsaturated/α-hetero) is 1. The van der Waals surface area contributed by atoms with Crippen LogP contribution in [0.4, 0.5) is 14.5 Å². The maximum Gasteiger partial charge on any atom is 0.164 e. The molecule has 0 aromatic heterocycles. The number of aryl methyl sites for hydroxylation is 1. The van der Waals surface area contributed by atoms with Crippen LogP contribution in [-0.2, 0) is 6.54 Å². The summed E-state index contributed by atoms with van der Waals surface area (Å²) in [4.78, 5) is 13.4. The van der Waals surface area contributed by atoms with Gasteiger partial charge in [0.1, 0.15) is 11.6 Å².